The van der Waals surface area contributed by atoms with E-state index in [1.54, 1.807) is 12.3 Å². The van der Waals surface area contributed by atoms with Crippen molar-refractivity contribution in [2.75, 3.05) is 19.5 Å². The summed E-state index contributed by atoms with van der Waals surface area (Å²) in [6, 6.07) is 7.46. The molecule has 0 radical (unpaired) electrons. The van der Waals surface area contributed by atoms with Crippen LogP contribution in [0.5, 0.6) is 11.5 Å². The number of carbonyl (C=O) groups is 1. The van der Waals surface area contributed by atoms with Crippen LogP contribution < -0.4 is 20.1 Å². The molecule has 2 N–H and O–H groups in total. The molecule has 0 spiro atoms. The maximum Gasteiger partial charge on any atom is 0.243 e. The van der Waals surface area contributed by atoms with Gasteiger partial charge in [-0.25, -0.2) is 9.97 Å². The predicted octanol–water partition coefficient (Wildman–Crippen LogP) is 4.87. The van der Waals surface area contributed by atoms with Gasteiger partial charge >= 0.3 is 0 Å². The van der Waals surface area contributed by atoms with Crippen molar-refractivity contribution in [3.05, 3.63) is 53.2 Å². The molecule has 0 aliphatic heterocycles. The van der Waals surface area contributed by atoms with Crippen molar-refractivity contribution in [3.63, 3.8) is 0 Å². The van der Waals surface area contributed by atoms with Gasteiger partial charge in [0.1, 0.15) is 11.5 Å². The number of ether oxygens (including phenoxy) is 2. The fourth-order valence-corrected chi connectivity index (χ4v) is 4.37. The molecule has 4 rings (SSSR count). The van der Waals surface area contributed by atoms with Crippen molar-refractivity contribution in [2.45, 2.75) is 24.9 Å². The van der Waals surface area contributed by atoms with Crippen LogP contribution >= 0.6 is 23.2 Å². The third-order valence-electron chi connectivity index (χ3n) is 5.54. The summed E-state index contributed by atoms with van der Waals surface area (Å²) in [5.41, 5.74) is 2.17. The Morgan fingerprint density at radius 1 is 1.12 bits per heavy atom. The van der Waals surface area contributed by atoms with E-state index in [4.69, 9.17) is 32.7 Å². The van der Waals surface area contributed by atoms with Gasteiger partial charge in [-0.3, -0.25) is 4.79 Å². The summed E-state index contributed by atoms with van der Waals surface area (Å²) in [6.45, 7) is 3.49. The maximum absolute atomic E-state index is 11.5. The van der Waals surface area contributed by atoms with Crippen LogP contribution in [0.1, 0.15) is 12.8 Å². The van der Waals surface area contributed by atoms with Gasteiger partial charge in [-0.1, -0.05) is 35.8 Å². The van der Waals surface area contributed by atoms with Crippen LogP contribution in [0.15, 0.2) is 43.1 Å². The summed E-state index contributed by atoms with van der Waals surface area (Å²) < 4.78 is 10.7. The Morgan fingerprint density at radius 3 is 2.41 bits per heavy atom. The molecule has 32 heavy (non-hydrogen) atoms. The van der Waals surface area contributed by atoms with Crippen molar-refractivity contribution < 1.29 is 14.3 Å². The zero-order valence-corrected chi connectivity index (χ0v) is 19.1. The summed E-state index contributed by atoms with van der Waals surface area (Å²) in [4.78, 5) is 20.6. The van der Waals surface area contributed by atoms with Gasteiger partial charge in [0.15, 0.2) is 0 Å². The topological polar surface area (TPSA) is 85.4 Å². The highest BCUT2D eigenvalue weighted by Gasteiger charge is 2.32. The first kappa shape index (κ1) is 22.2. The maximum atomic E-state index is 11.5. The molecule has 1 aliphatic rings. The highest BCUT2D eigenvalue weighted by Crippen LogP contribution is 2.46. The van der Waals surface area contributed by atoms with E-state index in [1.165, 1.54) is 20.3 Å². The lowest BCUT2D eigenvalue weighted by Crippen LogP contribution is -2.53. The first-order chi connectivity index (χ1) is 15.4. The molecule has 1 fully saturated rings. The molecule has 0 saturated heterocycles. The number of hydrogen-bond acceptors (Lipinski definition) is 6. The van der Waals surface area contributed by atoms with Crippen LogP contribution in [0.4, 0.5) is 5.95 Å². The van der Waals surface area contributed by atoms with E-state index in [9.17, 15) is 4.79 Å². The molecule has 1 amide bonds. The van der Waals surface area contributed by atoms with Gasteiger partial charge in [-0.05, 0) is 36.6 Å². The van der Waals surface area contributed by atoms with Crippen LogP contribution in [0.2, 0.25) is 10.0 Å². The van der Waals surface area contributed by atoms with Crippen LogP contribution in [0, 0.1) is 0 Å². The minimum absolute atomic E-state index is 0.0366. The van der Waals surface area contributed by atoms with E-state index in [1.807, 2.05) is 18.2 Å². The molecule has 1 aromatic heterocycles. The SMILES string of the molecule is C=CC(=O)NC1CCC1Nc1ncc2cc(-c3c(Cl)c(OC)cc(OC)c3Cl)ccc2n1. The molecule has 9 heteroatoms. The van der Waals surface area contributed by atoms with Gasteiger partial charge in [0, 0.05) is 35.3 Å². The Labute approximate surface area is 195 Å². The van der Waals surface area contributed by atoms with Crippen molar-refractivity contribution in [1.82, 2.24) is 15.3 Å². The smallest absolute Gasteiger partial charge is 0.243 e. The van der Waals surface area contributed by atoms with Crippen LogP contribution in [-0.2, 0) is 4.79 Å². The van der Waals surface area contributed by atoms with Crippen LogP contribution in [0.3, 0.4) is 0 Å². The second-order valence-corrected chi connectivity index (χ2v) is 8.15. The standard InChI is InChI=1S/C23H22Cl2N4O3/c1-4-19(30)27-15-7-8-16(15)29-23-26-11-13-9-12(5-6-14(13)28-23)20-21(24)17(31-2)10-18(32-3)22(20)25/h4-6,9-11,15-16H,1,7-8H2,2-3H3,(H,27,30)(H,26,28,29). The highest BCUT2D eigenvalue weighted by atomic mass is 35.5. The lowest BCUT2D eigenvalue weighted by Gasteiger charge is -2.37. The van der Waals surface area contributed by atoms with Gasteiger partial charge < -0.3 is 20.1 Å². The molecule has 2 unspecified atom stereocenters. The van der Waals surface area contributed by atoms with Gasteiger partial charge in [-0.15, -0.1) is 0 Å². The van der Waals surface area contributed by atoms with Crippen molar-refractivity contribution in [3.8, 4) is 22.6 Å². The Kier molecular flexibility index (Phi) is 6.39. The predicted molar refractivity (Wildman–Crippen MR) is 127 cm³/mol. The van der Waals surface area contributed by atoms with Crippen molar-refractivity contribution in [2.24, 2.45) is 0 Å². The van der Waals surface area contributed by atoms with E-state index < -0.39 is 0 Å². The summed E-state index contributed by atoms with van der Waals surface area (Å²) in [5.74, 6) is 1.27. The van der Waals surface area contributed by atoms with E-state index in [-0.39, 0.29) is 18.0 Å². The zero-order chi connectivity index (χ0) is 22.8. The lowest BCUT2D eigenvalue weighted by molar-refractivity contribution is -0.117. The Hall–Kier alpha value is -3.03. The highest BCUT2D eigenvalue weighted by molar-refractivity contribution is 6.41. The average molecular weight is 473 g/mol. The molecule has 1 aliphatic carbocycles. The minimum atomic E-state index is -0.181. The summed E-state index contributed by atoms with van der Waals surface area (Å²) in [7, 11) is 3.08. The molecule has 3 aromatic rings. The molecule has 1 saturated carbocycles. The molecule has 1 heterocycles. The average Bonchev–Trinajstić information content (AvgIpc) is 2.80. The van der Waals surface area contributed by atoms with Crippen molar-refractivity contribution >= 4 is 46.0 Å². The minimum Gasteiger partial charge on any atom is -0.495 e. The molecule has 0 bridgehead atoms. The molecule has 2 aromatic carbocycles. The Bertz CT molecular complexity index is 1170. The number of nitrogens with one attached hydrogen (secondary N) is 2. The second kappa shape index (κ2) is 9.22. The van der Waals surface area contributed by atoms with Crippen LogP contribution in [0.25, 0.3) is 22.0 Å². The molecular weight excluding hydrogens is 451 g/mol. The van der Waals surface area contributed by atoms with Crippen LogP contribution in [-0.4, -0.2) is 42.2 Å². The van der Waals surface area contributed by atoms with Gasteiger partial charge in [-0.2, -0.15) is 0 Å². The summed E-state index contributed by atoms with van der Waals surface area (Å²) in [6.07, 6.45) is 4.84. The van der Waals surface area contributed by atoms with Gasteiger partial charge in [0.2, 0.25) is 11.9 Å². The number of anilines is 1. The van der Waals surface area contributed by atoms with E-state index >= 15 is 0 Å². The Morgan fingerprint density at radius 2 is 1.81 bits per heavy atom. The number of methoxy groups -OCH3 is 2. The summed E-state index contributed by atoms with van der Waals surface area (Å²) >= 11 is 13.1. The second-order valence-electron chi connectivity index (χ2n) is 7.40. The molecular formula is C23H22Cl2N4O3. The third-order valence-corrected chi connectivity index (χ3v) is 6.29. The number of hydrogen-bond donors (Lipinski definition) is 2. The largest absolute Gasteiger partial charge is 0.495 e. The molecule has 2 atom stereocenters. The van der Waals surface area contributed by atoms with E-state index in [2.05, 4.69) is 27.2 Å². The molecule has 7 nitrogen and oxygen atoms in total. The number of nitrogens with zero attached hydrogens (tertiary/aromatic N) is 2. The number of aromatic nitrogens is 2. The first-order valence-electron chi connectivity index (χ1n) is 10.0. The molecule has 166 valence electrons. The summed E-state index contributed by atoms with van der Waals surface area (Å²) in [5, 5.41) is 7.83. The van der Waals surface area contributed by atoms with Gasteiger partial charge in [0.05, 0.1) is 29.8 Å². The number of carbonyl (C=O) groups excluding carboxylic acids is 1. The zero-order valence-electron chi connectivity index (χ0n) is 17.6. The number of benzene rings is 2. The lowest BCUT2D eigenvalue weighted by atomic mass is 9.86. The van der Waals surface area contributed by atoms with E-state index in [0.29, 0.717) is 33.1 Å². The quantitative estimate of drug-likeness (QED) is 0.477. The number of halogens is 2. The fraction of sp³-hybridized carbons (Fsp3) is 0.261. The van der Waals surface area contributed by atoms with E-state index in [0.717, 1.165) is 29.3 Å². The third kappa shape index (κ3) is 4.18. The normalized spacial score (nSPS) is 17.4. The number of amides is 1. The van der Waals surface area contributed by atoms with Crippen molar-refractivity contribution in [1.29, 1.82) is 0 Å². The fourth-order valence-electron chi connectivity index (χ4n) is 3.65. The Balaban J connectivity index is 1.62. The van der Waals surface area contributed by atoms with Gasteiger partial charge in [0.25, 0.3) is 0 Å². The first-order valence-corrected chi connectivity index (χ1v) is 10.8. The monoisotopic (exact) mass is 472 g/mol. The number of fused-ring (bicyclic) bond motifs is 1. The number of rotatable bonds is 7.